The summed E-state index contributed by atoms with van der Waals surface area (Å²) in [6.07, 6.45) is 3.37. The number of H-pyrrole nitrogens is 1. The molecule has 2 aromatic rings. The number of rotatable bonds is 1. The van der Waals surface area contributed by atoms with Crippen molar-refractivity contribution >= 4 is 10.9 Å². The molecule has 0 amide bonds. The molecule has 0 aliphatic rings. The van der Waals surface area contributed by atoms with E-state index in [1.54, 1.807) is 23.1 Å². The van der Waals surface area contributed by atoms with Gasteiger partial charge in [-0.2, -0.15) is 5.10 Å². The second-order valence-corrected chi connectivity index (χ2v) is 2.59. The Bertz CT molecular complexity index is 455. The molecule has 4 heteroatoms. The molecule has 4 nitrogen and oxygen atoms in total. The minimum Gasteiger partial charge on any atom is -0.328 e. The molecule has 0 aliphatic heterocycles. The number of hydrogen-bond donors (Lipinski definition) is 1. The molecule has 0 aliphatic carbocycles. The number of aryl methyl sites for hydroxylation is 1. The molecule has 12 heavy (non-hydrogen) atoms. The first kappa shape index (κ1) is 7.09. The maximum absolute atomic E-state index is 11.2. The molecule has 0 saturated carbocycles. The number of aromatic nitrogens is 3. The summed E-state index contributed by atoms with van der Waals surface area (Å²) in [5, 5.41) is 4.84. The highest BCUT2D eigenvalue weighted by atomic mass is 16.1. The Morgan fingerprint density at radius 3 is 3.17 bits per heavy atom. The molecule has 0 aromatic carbocycles. The van der Waals surface area contributed by atoms with E-state index in [9.17, 15) is 4.79 Å². The standard InChI is InChI=1S/C8H9N3O/c1-2-11-5-6-7(10-11)3-4-9-8(6)12/h3-5H,2H2,1H3,(H,9,12). The lowest BCUT2D eigenvalue weighted by molar-refractivity contribution is 0.668. The fourth-order valence-corrected chi connectivity index (χ4v) is 1.17. The number of nitrogens with one attached hydrogen (secondary N) is 1. The van der Waals surface area contributed by atoms with Gasteiger partial charge in [0, 0.05) is 18.9 Å². The third-order valence-electron chi connectivity index (χ3n) is 1.81. The van der Waals surface area contributed by atoms with Crippen LogP contribution in [-0.4, -0.2) is 14.8 Å². The molecule has 2 aromatic heterocycles. The molecular formula is C8H9N3O. The molecule has 0 unspecified atom stereocenters. The van der Waals surface area contributed by atoms with Gasteiger partial charge in [-0.05, 0) is 13.0 Å². The molecule has 2 rings (SSSR count). The lowest BCUT2D eigenvalue weighted by atomic mass is 10.3. The Hall–Kier alpha value is -1.58. The van der Waals surface area contributed by atoms with Gasteiger partial charge in [0.05, 0.1) is 10.9 Å². The Kier molecular flexibility index (Phi) is 1.46. The smallest absolute Gasteiger partial charge is 0.259 e. The topological polar surface area (TPSA) is 50.7 Å². The zero-order valence-electron chi connectivity index (χ0n) is 6.74. The van der Waals surface area contributed by atoms with Crippen molar-refractivity contribution in [3.63, 3.8) is 0 Å². The van der Waals surface area contributed by atoms with Crippen LogP contribution in [0.2, 0.25) is 0 Å². The maximum Gasteiger partial charge on any atom is 0.259 e. The normalized spacial score (nSPS) is 10.8. The summed E-state index contributed by atoms with van der Waals surface area (Å²) in [5.74, 6) is 0. The van der Waals surface area contributed by atoms with Crippen LogP contribution in [0.25, 0.3) is 10.9 Å². The van der Waals surface area contributed by atoms with Crippen molar-refractivity contribution in [2.45, 2.75) is 13.5 Å². The third kappa shape index (κ3) is 0.922. The van der Waals surface area contributed by atoms with Crippen LogP contribution >= 0.6 is 0 Å². The first-order valence-corrected chi connectivity index (χ1v) is 3.86. The van der Waals surface area contributed by atoms with Crippen molar-refractivity contribution in [2.24, 2.45) is 0 Å². The minimum atomic E-state index is -0.0767. The molecule has 0 fully saturated rings. The van der Waals surface area contributed by atoms with Crippen LogP contribution in [0, 0.1) is 0 Å². The van der Waals surface area contributed by atoms with Crippen LogP contribution in [0.15, 0.2) is 23.3 Å². The summed E-state index contributed by atoms with van der Waals surface area (Å²) >= 11 is 0. The van der Waals surface area contributed by atoms with E-state index in [1.807, 2.05) is 6.92 Å². The predicted molar refractivity (Wildman–Crippen MR) is 46.0 cm³/mol. The average Bonchev–Trinajstić information content (AvgIpc) is 2.49. The second kappa shape index (κ2) is 2.48. The van der Waals surface area contributed by atoms with Gasteiger partial charge in [0.2, 0.25) is 0 Å². The van der Waals surface area contributed by atoms with Crippen LogP contribution < -0.4 is 5.56 Å². The highest BCUT2D eigenvalue weighted by molar-refractivity contribution is 5.76. The van der Waals surface area contributed by atoms with E-state index in [4.69, 9.17) is 0 Å². The van der Waals surface area contributed by atoms with Crippen LogP contribution in [-0.2, 0) is 6.54 Å². The van der Waals surface area contributed by atoms with Gasteiger partial charge in [-0.3, -0.25) is 9.48 Å². The summed E-state index contributed by atoms with van der Waals surface area (Å²) in [4.78, 5) is 13.8. The van der Waals surface area contributed by atoms with Crippen LogP contribution in [0.3, 0.4) is 0 Å². The summed E-state index contributed by atoms with van der Waals surface area (Å²) in [6, 6.07) is 1.79. The molecule has 0 spiro atoms. The van der Waals surface area contributed by atoms with Crippen LogP contribution in [0.5, 0.6) is 0 Å². The average molecular weight is 163 g/mol. The lowest BCUT2D eigenvalue weighted by Crippen LogP contribution is -2.02. The molecular weight excluding hydrogens is 154 g/mol. The largest absolute Gasteiger partial charge is 0.328 e. The highest BCUT2D eigenvalue weighted by Crippen LogP contribution is 2.04. The molecule has 1 N–H and O–H groups in total. The molecule has 0 bridgehead atoms. The predicted octanol–water partition coefficient (Wildman–Crippen LogP) is 0.744. The van der Waals surface area contributed by atoms with Crippen molar-refractivity contribution in [3.8, 4) is 0 Å². The van der Waals surface area contributed by atoms with Gasteiger partial charge in [0.15, 0.2) is 0 Å². The number of aromatic amines is 1. The van der Waals surface area contributed by atoms with Crippen molar-refractivity contribution in [1.82, 2.24) is 14.8 Å². The zero-order valence-corrected chi connectivity index (χ0v) is 6.74. The monoisotopic (exact) mass is 163 g/mol. The second-order valence-electron chi connectivity index (χ2n) is 2.59. The van der Waals surface area contributed by atoms with Crippen molar-refractivity contribution in [2.75, 3.05) is 0 Å². The molecule has 2 heterocycles. The van der Waals surface area contributed by atoms with E-state index in [-0.39, 0.29) is 5.56 Å². The van der Waals surface area contributed by atoms with Crippen molar-refractivity contribution < 1.29 is 0 Å². The maximum atomic E-state index is 11.2. The summed E-state index contributed by atoms with van der Waals surface area (Å²) < 4.78 is 1.75. The van der Waals surface area contributed by atoms with E-state index in [0.717, 1.165) is 12.1 Å². The number of fused-ring (bicyclic) bond motifs is 1. The van der Waals surface area contributed by atoms with Gasteiger partial charge in [0.1, 0.15) is 0 Å². The molecule has 0 saturated heterocycles. The SMILES string of the molecule is CCn1cc2c(=O)[nH]ccc2n1. The van der Waals surface area contributed by atoms with E-state index in [1.165, 1.54) is 0 Å². The summed E-state index contributed by atoms with van der Waals surface area (Å²) in [7, 11) is 0. The fraction of sp³-hybridized carbons (Fsp3) is 0.250. The van der Waals surface area contributed by atoms with Gasteiger partial charge in [-0.15, -0.1) is 0 Å². The van der Waals surface area contributed by atoms with Gasteiger partial charge in [0.25, 0.3) is 5.56 Å². The van der Waals surface area contributed by atoms with E-state index in [2.05, 4.69) is 10.1 Å². The number of hydrogen-bond acceptors (Lipinski definition) is 2. The van der Waals surface area contributed by atoms with E-state index < -0.39 is 0 Å². The molecule has 62 valence electrons. The van der Waals surface area contributed by atoms with Gasteiger partial charge >= 0.3 is 0 Å². The Morgan fingerprint density at radius 2 is 2.50 bits per heavy atom. The lowest BCUT2D eigenvalue weighted by Gasteiger charge is -1.88. The Morgan fingerprint density at radius 1 is 1.67 bits per heavy atom. The van der Waals surface area contributed by atoms with E-state index >= 15 is 0 Å². The Balaban J connectivity index is 2.83. The molecule has 0 radical (unpaired) electrons. The number of pyridine rings is 1. The van der Waals surface area contributed by atoms with Gasteiger partial charge < -0.3 is 4.98 Å². The molecule has 0 atom stereocenters. The zero-order chi connectivity index (χ0) is 8.55. The highest BCUT2D eigenvalue weighted by Gasteiger charge is 2.01. The van der Waals surface area contributed by atoms with Crippen LogP contribution in [0.1, 0.15) is 6.92 Å². The summed E-state index contributed by atoms with van der Waals surface area (Å²) in [5.41, 5.74) is 0.674. The van der Waals surface area contributed by atoms with Gasteiger partial charge in [-0.1, -0.05) is 0 Å². The van der Waals surface area contributed by atoms with Crippen molar-refractivity contribution in [1.29, 1.82) is 0 Å². The van der Waals surface area contributed by atoms with E-state index in [0.29, 0.717) is 5.39 Å². The fourth-order valence-electron chi connectivity index (χ4n) is 1.17. The first-order chi connectivity index (χ1) is 5.81. The van der Waals surface area contributed by atoms with Crippen LogP contribution in [0.4, 0.5) is 0 Å². The van der Waals surface area contributed by atoms with Crippen molar-refractivity contribution in [3.05, 3.63) is 28.8 Å². The third-order valence-corrected chi connectivity index (χ3v) is 1.81. The van der Waals surface area contributed by atoms with Gasteiger partial charge in [-0.25, -0.2) is 0 Å². The first-order valence-electron chi connectivity index (χ1n) is 3.86. The number of nitrogens with zero attached hydrogens (tertiary/aromatic N) is 2. The Labute approximate surface area is 68.8 Å². The minimum absolute atomic E-state index is 0.0767. The summed E-state index contributed by atoms with van der Waals surface area (Å²) in [6.45, 7) is 2.77. The quantitative estimate of drug-likeness (QED) is 0.674.